The van der Waals surface area contributed by atoms with Crippen molar-refractivity contribution in [2.24, 2.45) is 10.8 Å². The third-order valence-corrected chi connectivity index (χ3v) is 5.13. The number of nitro groups is 1. The summed E-state index contributed by atoms with van der Waals surface area (Å²) < 4.78 is 5.27. The van der Waals surface area contributed by atoms with E-state index in [1.54, 1.807) is 6.07 Å². The summed E-state index contributed by atoms with van der Waals surface area (Å²) in [6.45, 7) is 2.12. The van der Waals surface area contributed by atoms with Crippen molar-refractivity contribution in [3.05, 3.63) is 79.7 Å². The standard InChI is InChI=1S/C23H24N4O6/c1-2-3-4-5-6-15-11-16-12-18(23(30)33-20(16)13-19(15)28)21(24)25-26-22(29)14-7-9-17(10-8-14)27(31)32/h7-13,28H,2-6H2,1H3,(H2,24,25)(H,26,29). The highest BCUT2D eigenvalue weighted by molar-refractivity contribution is 6.01. The number of hydrazone groups is 1. The van der Waals surface area contributed by atoms with E-state index in [-0.39, 0.29) is 34.0 Å². The van der Waals surface area contributed by atoms with Crippen LogP contribution in [0.2, 0.25) is 0 Å². The zero-order chi connectivity index (χ0) is 24.0. The van der Waals surface area contributed by atoms with Crippen molar-refractivity contribution < 1.29 is 19.2 Å². The van der Waals surface area contributed by atoms with Crippen molar-refractivity contribution in [2.75, 3.05) is 0 Å². The molecule has 1 amide bonds. The van der Waals surface area contributed by atoms with E-state index in [0.717, 1.165) is 31.2 Å². The highest BCUT2D eigenvalue weighted by Crippen LogP contribution is 2.26. The monoisotopic (exact) mass is 452 g/mol. The molecule has 1 heterocycles. The van der Waals surface area contributed by atoms with Crippen molar-refractivity contribution in [1.82, 2.24) is 5.43 Å². The minimum absolute atomic E-state index is 0.0471. The number of carbonyl (C=O) groups is 1. The minimum Gasteiger partial charge on any atom is -0.508 e. The normalized spacial score (nSPS) is 11.5. The molecule has 0 aliphatic carbocycles. The third-order valence-electron chi connectivity index (χ3n) is 5.13. The Balaban J connectivity index is 1.80. The molecule has 3 aromatic rings. The van der Waals surface area contributed by atoms with Crippen LogP contribution in [0.4, 0.5) is 5.69 Å². The molecule has 0 saturated carbocycles. The van der Waals surface area contributed by atoms with Gasteiger partial charge < -0.3 is 15.3 Å². The van der Waals surface area contributed by atoms with Crippen LogP contribution in [0.5, 0.6) is 5.75 Å². The number of nitrogens with two attached hydrogens (primary N) is 1. The largest absolute Gasteiger partial charge is 0.508 e. The van der Waals surface area contributed by atoms with Gasteiger partial charge in [0.1, 0.15) is 16.9 Å². The quantitative estimate of drug-likeness (QED) is 0.112. The van der Waals surface area contributed by atoms with E-state index in [0.29, 0.717) is 11.8 Å². The number of hydrogen-bond donors (Lipinski definition) is 3. The summed E-state index contributed by atoms with van der Waals surface area (Å²) in [5, 5.41) is 25.3. The average Bonchev–Trinajstić information content (AvgIpc) is 2.80. The van der Waals surface area contributed by atoms with Gasteiger partial charge in [-0.25, -0.2) is 10.2 Å². The minimum atomic E-state index is -0.775. The maximum atomic E-state index is 12.3. The lowest BCUT2D eigenvalue weighted by atomic mass is 10.0. The summed E-state index contributed by atoms with van der Waals surface area (Å²) >= 11 is 0. The number of non-ortho nitro benzene ring substituents is 1. The van der Waals surface area contributed by atoms with Crippen molar-refractivity contribution in [2.45, 2.75) is 39.0 Å². The fourth-order valence-electron chi connectivity index (χ4n) is 3.29. The number of amides is 1. The lowest BCUT2D eigenvalue weighted by Gasteiger charge is -2.08. The summed E-state index contributed by atoms with van der Waals surface area (Å²) in [6.07, 6.45) is 4.89. The maximum absolute atomic E-state index is 12.3. The molecule has 33 heavy (non-hydrogen) atoms. The Hall–Kier alpha value is -4.21. The van der Waals surface area contributed by atoms with E-state index >= 15 is 0 Å². The van der Waals surface area contributed by atoms with E-state index in [1.165, 1.54) is 36.4 Å². The zero-order valence-electron chi connectivity index (χ0n) is 18.0. The number of aryl methyl sites for hydroxylation is 1. The predicted octanol–water partition coefficient (Wildman–Crippen LogP) is 3.58. The zero-order valence-corrected chi connectivity index (χ0v) is 18.0. The van der Waals surface area contributed by atoms with Crippen LogP contribution in [0.1, 0.15) is 54.1 Å². The number of fused-ring (bicyclic) bond motifs is 1. The molecule has 0 atom stereocenters. The fourth-order valence-corrected chi connectivity index (χ4v) is 3.29. The smallest absolute Gasteiger partial charge is 0.347 e. The molecule has 0 bridgehead atoms. The number of aromatic hydroxyl groups is 1. The van der Waals surface area contributed by atoms with E-state index < -0.39 is 16.5 Å². The number of nitrogens with zero attached hydrogens (tertiary/aromatic N) is 2. The van der Waals surface area contributed by atoms with Crippen molar-refractivity contribution >= 4 is 28.4 Å². The van der Waals surface area contributed by atoms with Crippen LogP contribution in [0.25, 0.3) is 11.0 Å². The molecule has 0 spiro atoms. The number of nitro benzene ring substituents is 1. The van der Waals surface area contributed by atoms with Crippen LogP contribution in [-0.4, -0.2) is 21.8 Å². The Morgan fingerprint density at radius 3 is 2.58 bits per heavy atom. The average molecular weight is 452 g/mol. The lowest BCUT2D eigenvalue weighted by molar-refractivity contribution is -0.384. The summed E-state index contributed by atoms with van der Waals surface area (Å²) in [6, 6.07) is 9.57. The molecule has 0 radical (unpaired) electrons. The summed E-state index contributed by atoms with van der Waals surface area (Å²) in [4.78, 5) is 34.7. The van der Waals surface area contributed by atoms with Gasteiger partial charge >= 0.3 is 5.63 Å². The molecule has 0 aliphatic rings. The number of benzene rings is 2. The van der Waals surface area contributed by atoms with E-state index in [9.17, 15) is 24.8 Å². The molecular formula is C23H24N4O6. The van der Waals surface area contributed by atoms with Gasteiger partial charge in [0, 0.05) is 29.1 Å². The van der Waals surface area contributed by atoms with E-state index in [4.69, 9.17) is 10.2 Å². The molecular weight excluding hydrogens is 428 g/mol. The van der Waals surface area contributed by atoms with Gasteiger partial charge in [-0.15, -0.1) is 0 Å². The molecule has 0 aliphatic heterocycles. The summed E-state index contributed by atoms with van der Waals surface area (Å²) in [7, 11) is 0. The molecule has 3 rings (SSSR count). The molecule has 0 saturated heterocycles. The number of phenols is 1. The lowest BCUT2D eigenvalue weighted by Crippen LogP contribution is -2.27. The Morgan fingerprint density at radius 1 is 1.18 bits per heavy atom. The topological polar surface area (TPSA) is 161 Å². The second-order valence-electron chi connectivity index (χ2n) is 7.52. The predicted molar refractivity (Wildman–Crippen MR) is 123 cm³/mol. The highest BCUT2D eigenvalue weighted by atomic mass is 16.6. The second kappa shape index (κ2) is 10.4. The molecule has 0 fully saturated rings. The highest BCUT2D eigenvalue weighted by Gasteiger charge is 2.14. The summed E-state index contributed by atoms with van der Waals surface area (Å²) in [5.41, 5.74) is 8.21. The Morgan fingerprint density at radius 2 is 1.91 bits per heavy atom. The number of unbranched alkanes of at least 4 members (excludes halogenated alkanes) is 3. The molecule has 172 valence electrons. The Kier molecular flexibility index (Phi) is 7.39. The van der Waals surface area contributed by atoms with Crippen molar-refractivity contribution in [3.63, 3.8) is 0 Å². The molecule has 0 unspecified atom stereocenters. The first-order chi connectivity index (χ1) is 15.8. The van der Waals surface area contributed by atoms with Gasteiger partial charge in [-0.3, -0.25) is 14.9 Å². The Bertz CT molecular complexity index is 1260. The van der Waals surface area contributed by atoms with Gasteiger partial charge in [-0.05, 0) is 42.7 Å². The number of phenolic OH excluding ortho intramolecular Hbond substituents is 1. The number of carbonyl (C=O) groups excluding carboxylic acids is 1. The van der Waals surface area contributed by atoms with Crippen LogP contribution >= 0.6 is 0 Å². The third kappa shape index (κ3) is 5.73. The van der Waals surface area contributed by atoms with Gasteiger partial charge in [0.25, 0.3) is 11.6 Å². The van der Waals surface area contributed by atoms with Gasteiger partial charge in [0.15, 0.2) is 5.84 Å². The van der Waals surface area contributed by atoms with Crippen LogP contribution in [0.3, 0.4) is 0 Å². The number of hydrogen-bond acceptors (Lipinski definition) is 7. The number of rotatable bonds is 9. The SMILES string of the molecule is CCCCCCc1cc2cc(/C(N)=N\NC(=O)c3ccc([N+](=O)[O-])cc3)c(=O)oc2cc1O. The summed E-state index contributed by atoms with van der Waals surface area (Å²) in [5.74, 6) is -0.859. The Labute approximate surface area is 188 Å². The van der Waals surface area contributed by atoms with Crippen molar-refractivity contribution in [3.8, 4) is 5.75 Å². The fraction of sp³-hybridized carbons (Fsp3) is 0.261. The maximum Gasteiger partial charge on any atom is 0.347 e. The van der Waals surface area contributed by atoms with Gasteiger partial charge in [-0.2, -0.15) is 5.10 Å². The molecule has 10 nitrogen and oxygen atoms in total. The van der Waals surface area contributed by atoms with Crippen molar-refractivity contribution in [1.29, 1.82) is 0 Å². The van der Waals surface area contributed by atoms with Gasteiger partial charge in [0.05, 0.1) is 4.92 Å². The molecule has 2 aromatic carbocycles. The second-order valence-corrected chi connectivity index (χ2v) is 7.52. The molecule has 4 N–H and O–H groups in total. The first-order valence-electron chi connectivity index (χ1n) is 10.5. The van der Waals surface area contributed by atoms with Gasteiger partial charge in [0.2, 0.25) is 0 Å². The van der Waals surface area contributed by atoms with Crippen LogP contribution in [0.15, 0.2) is 56.8 Å². The van der Waals surface area contributed by atoms with Crippen LogP contribution in [0, 0.1) is 10.1 Å². The first-order valence-corrected chi connectivity index (χ1v) is 10.5. The van der Waals surface area contributed by atoms with Gasteiger partial charge in [-0.1, -0.05) is 26.2 Å². The van der Waals surface area contributed by atoms with E-state index in [2.05, 4.69) is 17.5 Å². The van der Waals surface area contributed by atoms with E-state index in [1.807, 2.05) is 0 Å². The molecule has 1 aromatic heterocycles. The van der Waals surface area contributed by atoms with Crippen LogP contribution in [-0.2, 0) is 6.42 Å². The number of nitrogens with one attached hydrogen (secondary N) is 1. The van der Waals surface area contributed by atoms with Crippen LogP contribution < -0.4 is 16.8 Å². The first kappa shape index (κ1) is 23.5. The number of amidine groups is 1. The molecule has 10 heteroatoms.